The maximum atomic E-state index is 12.2. The highest BCUT2D eigenvalue weighted by Gasteiger charge is 2.12. The average Bonchev–Trinajstić information content (AvgIpc) is 2.93. The molecule has 1 heterocycles. The molecule has 1 aromatic heterocycles. The lowest BCUT2D eigenvalue weighted by Crippen LogP contribution is -2.34. The number of urea groups is 1. The van der Waals surface area contributed by atoms with Crippen molar-refractivity contribution in [3.8, 4) is 11.4 Å². The maximum absolute atomic E-state index is 12.2. The van der Waals surface area contributed by atoms with Crippen molar-refractivity contribution in [2.45, 2.75) is 20.3 Å². The largest absolute Gasteiger partial charge is 0.334 e. The van der Waals surface area contributed by atoms with Gasteiger partial charge < -0.3 is 14.8 Å². The lowest BCUT2D eigenvalue weighted by molar-refractivity contribution is 0.215. The van der Waals surface area contributed by atoms with E-state index in [0.717, 1.165) is 30.0 Å². The molecule has 118 valence electrons. The average molecular weight is 300 g/mol. The minimum atomic E-state index is -0.0858. The van der Waals surface area contributed by atoms with E-state index in [-0.39, 0.29) is 6.03 Å². The Labute approximate surface area is 132 Å². The normalized spacial score (nSPS) is 12.0. The molecule has 0 saturated carbocycles. The van der Waals surface area contributed by atoms with Crippen LogP contribution in [0.25, 0.3) is 11.4 Å². The lowest BCUT2D eigenvalue weighted by atomic mass is 10.1. The molecule has 1 N–H and O–H groups in total. The molecule has 0 saturated heterocycles. The van der Waals surface area contributed by atoms with Gasteiger partial charge in [0, 0.05) is 44.3 Å². The Hall–Kier alpha value is -2.30. The van der Waals surface area contributed by atoms with Gasteiger partial charge in [0.1, 0.15) is 5.82 Å². The summed E-state index contributed by atoms with van der Waals surface area (Å²) in [6, 6.07) is 7.66. The van der Waals surface area contributed by atoms with Crippen molar-refractivity contribution in [3.05, 3.63) is 36.7 Å². The zero-order chi connectivity index (χ0) is 16.1. The Morgan fingerprint density at radius 1 is 1.45 bits per heavy atom. The lowest BCUT2D eigenvalue weighted by Gasteiger charge is -2.21. The fourth-order valence-corrected chi connectivity index (χ4v) is 2.28. The molecule has 22 heavy (non-hydrogen) atoms. The van der Waals surface area contributed by atoms with Crippen LogP contribution in [0.5, 0.6) is 0 Å². The van der Waals surface area contributed by atoms with Crippen LogP contribution in [-0.4, -0.2) is 34.1 Å². The van der Waals surface area contributed by atoms with E-state index in [1.54, 1.807) is 11.1 Å². The molecule has 5 nitrogen and oxygen atoms in total. The molecule has 2 aromatic rings. The first kappa shape index (κ1) is 16.1. The number of imidazole rings is 1. The molecular weight excluding hydrogens is 276 g/mol. The van der Waals surface area contributed by atoms with Crippen LogP contribution in [-0.2, 0) is 7.05 Å². The van der Waals surface area contributed by atoms with Gasteiger partial charge in [0.15, 0.2) is 0 Å². The second-order valence-electron chi connectivity index (χ2n) is 5.77. The Balaban J connectivity index is 2.07. The molecule has 0 aliphatic carbocycles. The molecule has 0 spiro atoms. The fraction of sp³-hybridized carbons (Fsp3) is 0.412. The molecule has 0 aliphatic rings. The van der Waals surface area contributed by atoms with Crippen molar-refractivity contribution in [2.24, 2.45) is 13.0 Å². The van der Waals surface area contributed by atoms with Gasteiger partial charge in [-0.15, -0.1) is 0 Å². The Bertz CT molecular complexity index is 635. The summed E-state index contributed by atoms with van der Waals surface area (Å²) >= 11 is 0. The third-order valence-electron chi connectivity index (χ3n) is 3.82. The second-order valence-corrected chi connectivity index (χ2v) is 5.77. The number of benzene rings is 1. The van der Waals surface area contributed by atoms with Crippen LogP contribution in [0, 0.1) is 5.92 Å². The minimum absolute atomic E-state index is 0.0858. The summed E-state index contributed by atoms with van der Waals surface area (Å²) in [4.78, 5) is 18.3. The Morgan fingerprint density at radius 3 is 2.86 bits per heavy atom. The highest BCUT2D eigenvalue weighted by Crippen LogP contribution is 2.20. The predicted molar refractivity (Wildman–Crippen MR) is 89.7 cm³/mol. The molecule has 5 heteroatoms. The third-order valence-corrected chi connectivity index (χ3v) is 3.82. The SMILES string of the molecule is CCC(C)CN(C)C(=O)Nc1cccc(-c2nccn2C)c1. The highest BCUT2D eigenvalue weighted by molar-refractivity contribution is 5.89. The van der Waals surface area contributed by atoms with Crippen molar-refractivity contribution in [1.82, 2.24) is 14.5 Å². The summed E-state index contributed by atoms with van der Waals surface area (Å²) in [7, 11) is 3.78. The summed E-state index contributed by atoms with van der Waals surface area (Å²) < 4.78 is 1.95. The third kappa shape index (κ3) is 3.87. The van der Waals surface area contributed by atoms with Gasteiger partial charge in [-0.2, -0.15) is 0 Å². The van der Waals surface area contributed by atoms with E-state index in [1.807, 2.05) is 49.1 Å². The number of aryl methyl sites for hydroxylation is 1. The number of aromatic nitrogens is 2. The van der Waals surface area contributed by atoms with Crippen molar-refractivity contribution in [3.63, 3.8) is 0 Å². The zero-order valence-electron chi connectivity index (χ0n) is 13.7. The number of carbonyl (C=O) groups excluding carboxylic acids is 1. The molecule has 0 aliphatic heterocycles. The van der Waals surface area contributed by atoms with E-state index < -0.39 is 0 Å². The van der Waals surface area contributed by atoms with Gasteiger partial charge in [-0.1, -0.05) is 32.4 Å². The standard InChI is InChI=1S/C17H24N4O/c1-5-13(2)12-21(4)17(22)19-15-8-6-7-14(11-15)16-18-9-10-20(16)3/h6-11,13H,5,12H2,1-4H3,(H,19,22). The molecule has 1 unspecified atom stereocenters. The molecule has 2 rings (SSSR count). The number of carbonyl (C=O) groups is 1. The van der Waals surface area contributed by atoms with Crippen molar-refractivity contribution in [1.29, 1.82) is 0 Å². The number of hydrogen-bond acceptors (Lipinski definition) is 2. The second kappa shape index (κ2) is 7.11. The Morgan fingerprint density at radius 2 is 2.23 bits per heavy atom. The van der Waals surface area contributed by atoms with Gasteiger partial charge in [0.05, 0.1) is 0 Å². The molecule has 1 atom stereocenters. The van der Waals surface area contributed by atoms with Crippen molar-refractivity contribution < 1.29 is 4.79 Å². The van der Waals surface area contributed by atoms with Crippen LogP contribution in [0.2, 0.25) is 0 Å². The van der Waals surface area contributed by atoms with Gasteiger partial charge in [-0.3, -0.25) is 0 Å². The fourth-order valence-electron chi connectivity index (χ4n) is 2.28. The monoisotopic (exact) mass is 300 g/mol. The van der Waals surface area contributed by atoms with Crippen molar-refractivity contribution >= 4 is 11.7 Å². The number of nitrogens with zero attached hydrogens (tertiary/aromatic N) is 3. The van der Waals surface area contributed by atoms with Crippen LogP contribution < -0.4 is 5.32 Å². The van der Waals surface area contributed by atoms with Crippen LogP contribution >= 0.6 is 0 Å². The molecule has 0 bridgehead atoms. The molecule has 0 fully saturated rings. The summed E-state index contributed by atoms with van der Waals surface area (Å²) in [6.07, 6.45) is 4.73. The molecule has 1 aromatic carbocycles. The highest BCUT2D eigenvalue weighted by atomic mass is 16.2. The van der Waals surface area contributed by atoms with Crippen LogP contribution in [0.4, 0.5) is 10.5 Å². The van der Waals surface area contributed by atoms with E-state index >= 15 is 0 Å². The number of anilines is 1. The molecular formula is C17H24N4O. The first-order chi connectivity index (χ1) is 10.5. The first-order valence-electron chi connectivity index (χ1n) is 7.61. The van der Waals surface area contributed by atoms with Crippen molar-refractivity contribution in [2.75, 3.05) is 18.9 Å². The zero-order valence-corrected chi connectivity index (χ0v) is 13.7. The summed E-state index contributed by atoms with van der Waals surface area (Å²) in [5.74, 6) is 1.37. The van der Waals surface area contributed by atoms with Gasteiger partial charge in [-0.25, -0.2) is 9.78 Å². The van der Waals surface area contributed by atoms with E-state index in [0.29, 0.717) is 5.92 Å². The maximum Gasteiger partial charge on any atom is 0.321 e. The van der Waals surface area contributed by atoms with Gasteiger partial charge in [-0.05, 0) is 18.1 Å². The number of hydrogen-bond donors (Lipinski definition) is 1. The van der Waals surface area contributed by atoms with E-state index in [1.165, 1.54) is 0 Å². The summed E-state index contributed by atoms with van der Waals surface area (Å²) in [5.41, 5.74) is 1.76. The minimum Gasteiger partial charge on any atom is -0.334 e. The van der Waals surface area contributed by atoms with Crippen LogP contribution in [0.1, 0.15) is 20.3 Å². The predicted octanol–water partition coefficient (Wildman–Crippen LogP) is 3.60. The molecule has 2 amide bonds. The smallest absolute Gasteiger partial charge is 0.321 e. The van der Waals surface area contributed by atoms with E-state index in [2.05, 4.69) is 24.1 Å². The quantitative estimate of drug-likeness (QED) is 0.917. The molecule has 0 radical (unpaired) electrons. The van der Waals surface area contributed by atoms with Crippen LogP contribution in [0.3, 0.4) is 0 Å². The number of nitrogens with one attached hydrogen (secondary N) is 1. The van der Waals surface area contributed by atoms with Gasteiger partial charge in [0.2, 0.25) is 0 Å². The summed E-state index contributed by atoms with van der Waals surface area (Å²) in [6.45, 7) is 5.03. The number of rotatable bonds is 5. The van der Waals surface area contributed by atoms with E-state index in [9.17, 15) is 4.79 Å². The van der Waals surface area contributed by atoms with Crippen LogP contribution in [0.15, 0.2) is 36.7 Å². The van der Waals surface area contributed by atoms with Gasteiger partial charge in [0.25, 0.3) is 0 Å². The first-order valence-corrected chi connectivity index (χ1v) is 7.61. The number of amides is 2. The Kier molecular flexibility index (Phi) is 5.20. The van der Waals surface area contributed by atoms with E-state index in [4.69, 9.17) is 0 Å². The summed E-state index contributed by atoms with van der Waals surface area (Å²) in [5, 5.41) is 2.94. The van der Waals surface area contributed by atoms with Gasteiger partial charge >= 0.3 is 6.03 Å². The topological polar surface area (TPSA) is 50.2 Å².